The fraction of sp³-hybridized carbons (Fsp3) is 0.121. The monoisotopic (exact) mass is 845 g/mol. The SMILES string of the molecule is C=C/C=C(\C=C(/C)c1nc(-c2cccc(-c3ccccc3)c2)nc(-c2cc(C/C=C\C(=C/C)c3nc(C)cc(C)n3)cc(-c3ccc(-c4nc(C)cc(C)n4)cc3)c2)n1)c1ccccc1. The van der Waals surface area contributed by atoms with Gasteiger partial charge in [0, 0.05) is 45.0 Å². The van der Waals surface area contributed by atoms with E-state index in [0.29, 0.717) is 35.5 Å². The molecular formula is C58H51N7. The molecule has 7 nitrogen and oxygen atoms in total. The standard InChI is InChI=1S/C58H51N7/c1-8-18-49(45-20-12-10-13-21-45)31-38(3)54-63-57(51-26-17-25-50(36-51)46-22-14-11-15-23-46)65-58(64-54)53-35-43(19-16-24-44(9-2)55-59-39(4)32-40(5)60-55)34-52(37-53)47-27-29-48(30-28-47)56-61-41(6)33-42(7)62-56/h8-18,20-37H,1,19H2,2-7H3/b24-16-,38-31+,44-9+,49-18+. The number of hydrogen-bond acceptors (Lipinski definition) is 7. The first-order valence-corrected chi connectivity index (χ1v) is 21.8. The van der Waals surface area contributed by atoms with Gasteiger partial charge in [-0.15, -0.1) is 0 Å². The zero-order valence-electron chi connectivity index (χ0n) is 37.8. The van der Waals surface area contributed by atoms with Crippen LogP contribution in [0, 0.1) is 27.7 Å². The average Bonchev–Trinajstić information content (AvgIpc) is 3.32. The van der Waals surface area contributed by atoms with Gasteiger partial charge in [0.1, 0.15) is 0 Å². The molecule has 3 heterocycles. The maximum Gasteiger partial charge on any atom is 0.164 e. The van der Waals surface area contributed by atoms with E-state index in [2.05, 4.69) is 141 Å². The zero-order valence-corrected chi connectivity index (χ0v) is 37.8. The third kappa shape index (κ3) is 10.8. The van der Waals surface area contributed by atoms with Crippen molar-refractivity contribution in [3.63, 3.8) is 0 Å². The average molecular weight is 846 g/mol. The molecular weight excluding hydrogens is 795 g/mol. The summed E-state index contributed by atoms with van der Waals surface area (Å²) < 4.78 is 0. The predicted octanol–water partition coefficient (Wildman–Crippen LogP) is 13.9. The van der Waals surface area contributed by atoms with Crippen molar-refractivity contribution in [1.82, 2.24) is 34.9 Å². The summed E-state index contributed by atoms with van der Waals surface area (Å²) in [6.45, 7) is 16.1. The van der Waals surface area contributed by atoms with Crippen molar-refractivity contribution >= 4 is 16.7 Å². The van der Waals surface area contributed by atoms with E-state index in [9.17, 15) is 0 Å². The van der Waals surface area contributed by atoms with Crippen LogP contribution in [0.5, 0.6) is 0 Å². The Kier molecular flexibility index (Phi) is 13.4. The zero-order chi connectivity index (χ0) is 45.3. The van der Waals surface area contributed by atoms with Crippen molar-refractivity contribution < 1.29 is 0 Å². The Bertz CT molecular complexity index is 3080. The predicted molar refractivity (Wildman–Crippen MR) is 268 cm³/mol. The van der Waals surface area contributed by atoms with E-state index in [0.717, 1.165) is 89.6 Å². The second kappa shape index (κ2) is 20.0. The maximum absolute atomic E-state index is 5.25. The van der Waals surface area contributed by atoms with E-state index in [1.807, 2.05) is 83.2 Å². The van der Waals surface area contributed by atoms with Crippen LogP contribution in [0.2, 0.25) is 0 Å². The summed E-state index contributed by atoms with van der Waals surface area (Å²) in [5.41, 5.74) is 15.8. The van der Waals surface area contributed by atoms with Crippen LogP contribution >= 0.6 is 0 Å². The molecule has 65 heavy (non-hydrogen) atoms. The van der Waals surface area contributed by atoms with Gasteiger partial charge in [-0.2, -0.15) is 0 Å². The fourth-order valence-electron chi connectivity index (χ4n) is 7.81. The van der Waals surface area contributed by atoms with Gasteiger partial charge in [-0.05, 0) is 129 Å². The van der Waals surface area contributed by atoms with Gasteiger partial charge >= 0.3 is 0 Å². The molecule has 0 aliphatic heterocycles. The first-order chi connectivity index (χ1) is 31.6. The normalized spacial score (nSPS) is 12.2. The molecule has 0 aliphatic rings. The summed E-state index contributed by atoms with van der Waals surface area (Å²) in [5, 5.41) is 0. The molecule has 8 aromatic rings. The molecule has 8 rings (SSSR count). The fourth-order valence-corrected chi connectivity index (χ4v) is 7.81. The van der Waals surface area contributed by atoms with Gasteiger partial charge in [0.05, 0.1) is 0 Å². The second-order valence-corrected chi connectivity index (χ2v) is 16.1. The summed E-state index contributed by atoms with van der Waals surface area (Å²) in [7, 11) is 0. The Hall–Kier alpha value is -8.03. The van der Waals surface area contributed by atoms with Gasteiger partial charge in [0.25, 0.3) is 0 Å². The van der Waals surface area contributed by atoms with E-state index >= 15 is 0 Å². The van der Waals surface area contributed by atoms with Crippen LogP contribution in [-0.4, -0.2) is 34.9 Å². The van der Waals surface area contributed by atoms with Crippen LogP contribution in [0.15, 0.2) is 183 Å². The van der Waals surface area contributed by atoms with E-state index in [1.54, 1.807) is 0 Å². The highest BCUT2D eigenvalue weighted by atomic mass is 15.0. The molecule has 7 heteroatoms. The van der Waals surface area contributed by atoms with Crippen LogP contribution in [0.4, 0.5) is 0 Å². The van der Waals surface area contributed by atoms with E-state index < -0.39 is 0 Å². The van der Waals surface area contributed by atoms with Gasteiger partial charge in [-0.3, -0.25) is 0 Å². The summed E-state index contributed by atoms with van der Waals surface area (Å²) in [4.78, 5) is 34.5. The minimum atomic E-state index is 0.571. The number of nitrogens with zero attached hydrogens (tertiary/aromatic N) is 7. The van der Waals surface area contributed by atoms with E-state index in [1.165, 1.54) is 0 Å². The molecule has 0 unspecified atom stereocenters. The lowest BCUT2D eigenvalue weighted by atomic mass is 9.96. The first-order valence-electron chi connectivity index (χ1n) is 21.8. The summed E-state index contributed by atoms with van der Waals surface area (Å²) in [6, 6.07) is 48.1. The van der Waals surface area contributed by atoms with Gasteiger partial charge in [-0.1, -0.05) is 146 Å². The third-order valence-electron chi connectivity index (χ3n) is 10.9. The first kappa shape index (κ1) is 43.6. The number of aryl methyl sites for hydroxylation is 4. The highest BCUT2D eigenvalue weighted by molar-refractivity contribution is 5.84. The molecule has 0 saturated heterocycles. The third-order valence-corrected chi connectivity index (χ3v) is 10.9. The summed E-state index contributed by atoms with van der Waals surface area (Å²) in [6.07, 6.45) is 12.9. The minimum Gasteiger partial charge on any atom is -0.233 e. The number of aromatic nitrogens is 7. The molecule has 0 N–H and O–H groups in total. The largest absolute Gasteiger partial charge is 0.233 e. The molecule has 0 amide bonds. The molecule has 0 aliphatic carbocycles. The molecule has 0 fully saturated rings. The van der Waals surface area contributed by atoms with Crippen molar-refractivity contribution in [2.24, 2.45) is 0 Å². The Morgan fingerprint density at radius 1 is 0.477 bits per heavy atom. The second-order valence-electron chi connectivity index (χ2n) is 16.1. The van der Waals surface area contributed by atoms with Gasteiger partial charge < -0.3 is 0 Å². The molecule has 0 radical (unpaired) electrons. The van der Waals surface area contributed by atoms with E-state index in [-0.39, 0.29) is 0 Å². The van der Waals surface area contributed by atoms with Crippen LogP contribution < -0.4 is 0 Å². The van der Waals surface area contributed by atoms with Crippen molar-refractivity contribution in [1.29, 1.82) is 0 Å². The van der Waals surface area contributed by atoms with Crippen molar-refractivity contribution in [3.05, 3.63) is 228 Å². The van der Waals surface area contributed by atoms with Gasteiger partial charge in [0.2, 0.25) is 0 Å². The van der Waals surface area contributed by atoms with Crippen LogP contribution in [0.25, 0.3) is 73.1 Å². The highest BCUT2D eigenvalue weighted by Gasteiger charge is 2.16. The Morgan fingerprint density at radius 3 is 1.68 bits per heavy atom. The van der Waals surface area contributed by atoms with Crippen molar-refractivity contribution in [3.8, 4) is 56.4 Å². The molecule has 0 bridgehead atoms. The highest BCUT2D eigenvalue weighted by Crippen LogP contribution is 2.32. The van der Waals surface area contributed by atoms with Crippen LogP contribution in [0.3, 0.4) is 0 Å². The minimum absolute atomic E-state index is 0.571. The maximum atomic E-state index is 5.25. The quantitative estimate of drug-likeness (QED) is 0.107. The Morgan fingerprint density at radius 2 is 1.02 bits per heavy atom. The Labute approximate surface area is 382 Å². The van der Waals surface area contributed by atoms with Crippen LogP contribution in [-0.2, 0) is 6.42 Å². The van der Waals surface area contributed by atoms with Crippen LogP contribution in [0.1, 0.15) is 59.4 Å². The smallest absolute Gasteiger partial charge is 0.164 e. The van der Waals surface area contributed by atoms with Crippen molar-refractivity contribution in [2.45, 2.75) is 48.0 Å². The van der Waals surface area contributed by atoms with Gasteiger partial charge in [-0.25, -0.2) is 34.9 Å². The lowest BCUT2D eigenvalue weighted by Crippen LogP contribution is -2.03. The molecule has 318 valence electrons. The number of hydrogen-bond donors (Lipinski definition) is 0. The molecule has 0 saturated carbocycles. The number of rotatable bonds is 13. The van der Waals surface area contributed by atoms with Crippen molar-refractivity contribution in [2.75, 3.05) is 0 Å². The molecule has 5 aromatic carbocycles. The van der Waals surface area contributed by atoms with E-state index in [4.69, 9.17) is 34.9 Å². The molecule has 0 spiro atoms. The molecule has 3 aromatic heterocycles. The summed E-state index contributed by atoms with van der Waals surface area (Å²) >= 11 is 0. The van der Waals surface area contributed by atoms with Gasteiger partial charge in [0.15, 0.2) is 29.1 Å². The lowest BCUT2D eigenvalue weighted by molar-refractivity contribution is 1.02. The lowest BCUT2D eigenvalue weighted by Gasteiger charge is -2.13. The molecule has 0 atom stereocenters. The Balaban J connectivity index is 1.27. The number of allylic oxidation sites excluding steroid dienone is 9. The topological polar surface area (TPSA) is 90.2 Å². The number of benzene rings is 5. The summed E-state index contributed by atoms with van der Waals surface area (Å²) in [5.74, 6) is 3.16.